The van der Waals surface area contributed by atoms with E-state index in [1.807, 2.05) is 48.2 Å². The molecular formula is C40H27F6N3O5. The molecule has 0 saturated heterocycles. The van der Waals surface area contributed by atoms with Crippen LogP contribution >= 0.6 is 0 Å². The lowest BCUT2D eigenvalue weighted by Crippen LogP contribution is -2.55. The molecule has 2 aliphatic heterocycles. The lowest BCUT2D eigenvalue weighted by molar-refractivity contribution is -0.288. The second-order valence-electron chi connectivity index (χ2n) is 12.8. The van der Waals surface area contributed by atoms with Crippen molar-refractivity contribution in [2.75, 3.05) is 24.0 Å². The predicted octanol–water partition coefficient (Wildman–Crippen LogP) is 8.91. The molecule has 0 N–H and O–H groups in total. The molecule has 0 radical (unpaired) electrons. The van der Waals surface area contributed by atoms with E-state index in [1.165, 1.54) is 19.2 Å². The minimum Gasteiger partial charge on any atom is -0.497 e. The Bertz CT molecular complexity index is 2340. The van der Waals surface area contributed by atoms with Crippen molar-refractivity contribution in [3.05, 3.63) is 148 Å². The zero-order valence-electron chi connectivity index (χ0n) is 28.5. The highest BCUT2D eigenvalue weighted by molar-refractivity contribution is 6.34. The van der Waals surface area contributed by atoms with Crippen molar-refractivity contribution in [1.29, 1.82) is 0 Å². The van der Waals surface area contributed by atoms with Gasteiger partial charge in [0.25, 0.3) is 23.6 Å². The minimum atomic E-state index is -6.07. The van der Waals surface area contributed by atoms with E-state index < -0.39 is 69.2 Å². The molecule has 2 aliphatic rings. The van der Waals surface area contributed by atoms with Crippen LogP contribution in [0.15, 0.2) is 109 Å². The highest BCUT2D eigenvalue weighted by Gasteiger charge is 2.73. The molecule has 54 heavy (non-hydrogen) atoms. The number of fused-ring (bicyclic) bond motifs is 2. The molecule has 274 valence electrons. The summed E-state index contributed by atoms with van der Waals surface area (Å²) in [6.07, 6.45) is -12.1. The van der Waals surface area contributed by atoms with Crippen molar-refractivity contribution in [2.45, 2.75) is 24.7 Å². The molecule has 0 aliphatic carbocycles. The first kappa shape index (κ1) is 35.9. The first-order valence-electron chi connectivity index (χ1n) is 16.2. The maximum absolute atomic E-state index is 15.1. The van der Waals surface area contributed by atoms with Crippen LogP contribution < -0.4 is 14.5 Å². The summed E-state index contributed by atoms with van der Waals surface area (Å²) >= 11 is 0. The number of benzene rings is 5. The average molecular weight is 744 g/mol. The number of hydrogen-bond acceptors (Lipinski definition) is 6. The van der Waals surface area contributed by atoms with Crippen LogP contribution in [-0.4, -0.2) is 55.0 Å². The molecular weight excluding hydrogens is 716 g/mol. The summed E-state index contributed by atoms with van der Waals surface area (Å²) in [6.45, 7) is 1.94. The Morgan fingerprint density at radius 1 is 0.537 bits per heavy atom. The van der Waals surface area contributed by atoms with Gasteiger partial charge in [0.15, 0.2) is 0 Å². The van der Waals surface area contributed by atoms with E-state index in [2.05, 4.69) is 0 Å². The number of alkyl halides is 6. The van der Waals surface area contributed by atoms with Crippen molar-refractivity contribution < 1.29 is 50.3 Å². The van der Waals surface area contributed by atoms with Gasteiger partial charge in [-0.25, -0.2) is 4.90 Å². The molecule has 2 heterocycles. The quantitative estimate of drug-likeness (QED) is 0.122. The molecule has 7 rings (SSSR count). The van der Waals surface area contributed by atoms with Crippen LogP contribution in [-0.2, 0) is 5.41 Å². The van der Waals surface area contributed by atoms with Gasteiger partial charge < -0.3 is 9.64 Å². The molecule has 5 aromatic carbocycles. The topological polar surface area (TPSA) is 87.2 Å². The Morgan fingerprint density at radius 2 is 0.944 bits per heavy atom. The zero-order valence-corrected chi connectivity index (χ0v) is 28.5. The molecule has 0 aromatic heterocycles. The molecule has 0 unspecified atom stereocenters. The van der Waals surface area contributed by atoms with Crippen molar-refractivity contribution in [2.24, 2.45) is 0 Å². The van der Waals surface area contributed by atoms with Gasteiger partial charge in [-0.05, 0) is 103 Å². The summed E-state index contributed by atoms with van der Waals surface area (Å²) in [5, 5.41) is 0. The van der Waals surface area contributed by atoms with E-state index in [0.29, 0.717) is 45.5 Å². The van der Waals surface area contributed by atoms with Crippen LogP contribution in [0.5, 0.6) is 5.75 Å². The van der Waals surface area contributed by atoms with Crippen LogP contribution in [0, 0.1) is 6.92 Å². The third kappa shape index (κ3) is 5.39. The van der Waals surface area contributed by atoms with Crippen molar-refractivity contribution in [1.82, 2.24) is 4.90 Å². The summed E-state index contributed by atoms with van der Waals surface area (Å²) in [5.41, 5.74) is -6.45. The maximum atomic E-state index is 15.1. The molecule has 8 nitrogen and oxygen atoms in total. The fourth-order valence-corrected chi connectivity index (χ4v) is 6.91. The van der Waals surface area contributed by atoms with Crippen LogP contribution in [0.1, 0.15) is 58.1 Å². The maximum Gasteiger partial charge on any atom is 0.411 e. The SMILES string of the molecule is COc1ccc(N(c2ccc(C)cc2)c2ccc(N3C(=O)c4ccc(C(c5ccc6c(c5)C(=O)N(C)C6=O)(C(F)(F)F)C(F)(F)F)cc4C3=O)cc2)cc1. The number of ether oxygens (including phenoxy) is 1. The fraction of sp³-hybridized carbons (Fsp3) is 0.150. The van der Waals surface area contributed by atoms with Crippen LogP contribution in [0.2, 0.25) is 0 Å². The van der Waals surface area contributed by atoms with E-state index in [9.17, 15) is 19.2 Å². The third-order valence-corrected chi connectivity index (χ3v) is 9.68. The lowest BCUT2D eigenvalue weighted by atomic mass is 9.71. The van der Waals surface area contributed by atoms with E-state index >= 15 is 26.3 Å². The highest BCUT2D eigenvalue weighted by atomic mass is 19.4. The lowest BCUT2D eigenvalue weighted by Gasteiger charge is -2.38. The summed E-state index contributed by atoms with van der Waals surface area (Å²) in [6, 6.07) is 24.3. The van der Waals surface area contributed by atoms with Gasteiger partial charge in [-0.3, -0.25) is 24.1 Å². The monoisotopic (exact) mass is 743 g/mol. The third-order valence-electron chi connectivity index (χ3n) is 9.68. The summed E-state index contributed by atoms with van der Waals surface area (Å²) < 4.78 is 95.7. The van der Waals surface area contributed by atoms with Gasteiger partial charge in [0.05, 0.1) is 35.1 Å². The summed E-state index contributed by atoms with van der Waals surface area (Å²) in [4.78, 5) is 55.5. The minimum absolute atomic E-state index is 0.0221. The number of rotatable bonds is 7. The molecule has 0 spiro atoms. The Balaban J connectivity index is 1.28. The second-order valence-corrected chi connectivity index (χ2v) is 12.8. The molecule has 5 aromatic rings. The van der Waals surface area contributed by atoms with Gasteiger partial charge in [-0.15, -0.1) is 0 Å². The van der Waals surface area contributed by atoms with E-state index in [0.717, 1.165) is 36.1 Å². The first-order chi connectivity index (χ1) is 25.5. The van der Waals surface area contributed by atoms with Crippen LogP contribution in [0.25, 0.3) is 0 Å². The molecule has 0 fully saturated rings. The average Bonchev–Trinajstić information content (AvgIpc) is 3.51. The summed E-state index contributed by atoms with van der Waals surface area (Å²) in [5.74, 6) is -3.41. The Morgan fingerprint density at radius 3 is 1.43 bits per heavy atom. The Kier molecular flexibility index (Phi) is 8.39. The van der Waals surface area contributed by atoms with Crippen molar-refractivity contribution in [3.63, 3.8) is 0 Å². The largest absolute Gasteiger partial charge is 0.497 e. The molecule has 4 amide bonds. The Labute approximate surface area is 303 Å². The van der Waals surface area contributed by atoms with Gasteiger partial charge in [-0.1, -0.05) is 29.8 Å². The number of anilines is 4. The highest BCUT2D eigenvalue weighted by Crippen LogP contribution is 2.57. The molecule has 0 saturated carbocycles. The predicted molar refractivity (Wildman–Crippen MR) is 186 cm³/mol. The van der Waals surface area contributed by atoms with Crippen molar-refractivity contribution >= 4 is 46.4 Å². The van der Waals surface area contributed by atoms with Crippen LogP contribution in [0.4, 0.5) is 49.1 Å². The van der Waals surface area contributed by atoms with Crippen LogP contribution in [0.3, 0.4) is 0 Å². The van der Waals surface area contributed by atoms with Gasteiger partial charge in [0, 0.05) is 24.1 Å². The number of methoxy groups -OCH3 is 1. The molecule has 0 atom stereocenters. The van der Waals surface area contributed by atoms with Gasteiger partial charge in [-0.2, -0.15) is 26.3 Å². The van der Waals surface area contributed by atoms with Crippen molar-refractivity contribution in [3.8, 4) is 5.75 Å². The van der Waals surface area contributed by atoms with Gasteiger partial charge in [0.1, 0.15) is 5.75 Å². The number of hydrogen-bond donors (Lipinski definition) is 0. The Hall–Kier alpha value is -6.44. The number of halogens is 6. The number of imide groups is 2. The van der Waals surface area contributed by atoms with E-state index in [4.69, 9.17) is 4.74 Å². The smallest absolute Gasteiger partial charge is 0.411 e. The first-order valence-corrected chi connectivity index (χ1v) is 16.2. The fourth-order valence-electron chi connectivity index (χ4n) is 6.91. The number of carbonyl (C=O) groups is 4. The van der Waals surface area contributed by atoms with E-state index in [-0.39, 0.29) is 11.3 Å². The number of nitrogens with zero attached hydrogens (tertiary/aromatic N) is 3. The van der Waals surface area contributed by atoms with Gasteiger partial charge in [0.2, 0.25) is 5.41 Å². The second kappa shape index (κ2) is 12.6. The van der Waals surface area contributed by atoms with Gasteiger partial charge >= 0.3 is 12.4 Å². The normalized spacial score (nSPS) is 14.5. The number of amides is 4. The molecule has 0 bridgehead atoms. The summed E-state index contributed by atoms with van der Waals surface area (Å²) in [7, 11) is 2.59. The molecule has 14 heteroatoms. The standard InChI is InChI=1S/C40H27F6N3O5/c1-22-4-8-25(9-5-22)48(27-14-16-29(54-3)17-15-27)26-10-12-28(13-11-26)49-36(52)31-19-7-24(21-33(31)37(49)53)38(39(41,42)43,40(44,45)46)23-6-18-30-32(20-23)35(51)47(2)34(30)50/h4-21H,1-3H3. The number of aryl methyl sites for hydroxylation is 1. The number of carbonyl (C=O) groups excluding carboxylic acids is 4. The van der Waals surface area contributed by atoms with E-state index in [1.54, 1.807) is 24.3 Å². The zero-order chi connectivity index (χ0) is 38.9.